The number of carbonyl (C=O) groups excluding carboxylic acids is 8. The van der Waals surface area contributed by atoms with Gasteiger partial charge in [0, 0.05) is 62.2 Å². The number of nitrogens with one attached hydrogen (secondary N) is 4. The molecule has 1 rings (SSSR count). The minimum Gasteiger partial charge on any atom is -0.349 e. The molecule has 12 nitrogen and oxygen atoms in total. The highest BCUT2D eigenvalue weighted by Crippen LogP contribution is 2.12. The van der Waals surface area contributed by atoms with Gasteiger partial charge in [0.2, 0.25) is 23.6 Å². The Morgan fingerprint density at radius 2 is 1.06 bits per heavy atom. The van der Waals surface area contributed by atoms with Gasteiger partial charge >= 0.3 is 0 Å². The van der Waals surface area contributed by atoms with Gasteiger partial charge in [-0.15, -0.1) is 0 Å². The number of amides is 4. The Balaban J connectivity index is 2.85. The van der Waals surface area contributed by atoms with Gasteiger partial charge in [-0.2, -0.15) is 0 Å². The summed E-state index contributed by atoms with van der Waals surface area (Å²) in [4.78, 5) is 97.5. The summed E-state index contributed by atoms with van der Waals surface area (Å²) in [5.41, 5.74) is 4.38. The van der Waals surface area contributed by atoms with Crippen LogP contribution in [0.3, 0.4) is 0 Å². The van der Waals surface area contributed by atoms with Gasteiger partial charge in [0.25, 0.3) is 0 Å². The van der Waals surface area contributed by atoms with Crippen molar-refractivity contribution in [3.8, 4) is 0 Å². The van der Waals surface area contributed by atoms with Crippen molar-refractivity contribution < 1.29 is 38.4 Å². The quantitative estimate of drug-likeness (QED) is 0.339. The van der Waals surface area contributed by atoms with E-state index < -0.39 is 58.9 Å². The predicted octanol–water partition coefficient (Wildman–Crippen LogP) is -0.459. The second-order valence-corrected chi connectivity index (χ2v) is 9.46. The topological polar surface area (TPSA) is 185 Å². The molecule has 0 spiro atoms. The molecule has 4 N–H and O–H groups in total. The van der Waals surface area contributed by atoms with Crippen molar-refractivity contribution in [1.82, 2.24) is 21.5 Å². The number of hydrogen-bond donors (Lipinski definition) is 4. The van der Waals surface area contributed by atoms with Crippen LogP contribution in [-0.4, -0.2) is 59.9 Å². The molecule has 1 aliphatic rings. The zero-order chi connectivity index (χ0) is 27.4. The number of Topliss-reactive ketones (excluding diaryl/α,β-unsaturated/α-hetero) is 4. The van der Waals surface area contributed by atoms with Crippen molar-refractivity contribution in [3.63, 3.8) is 0 Å². The number of ketones is 4. The Morgan fingerprint density at radius 1 is 0.500 bits per heavy atom. The average Bonchev–Trinajstić information content (AvgIpc) is 2.81. The molecule has 0 bridgehead atoms. The molecular weight excluding hydrogens is 472 g/mol. The Kier molecular flexibility index (Phi) is 12.6. The van der Waals surface area contributed by atoms with Gasteiger partial charge in [-0.1, -0.05) is 27.7 Å². The van der Waals surface area contributed by atoms with Crippen molar-refractivity contribution in [1.29, 1.82) is 0 Å². The minimum absolute atomic E-state index is 0.0773. The SMILES string of the molecule is CC1CC(=O)NCC(=O)C(C)CC(=O)NNC(=O)C(C)CC(=O)CNC(=O)C(C)CC(=O)CCC1=O. The summed E-state index contributed by atoms with van der Waals surface area (Å²) in [6.07, 6.45) is -0.857. The minimum atomic E-state index is -0.798. The van der Waals surface area contributed by atoms with Crippen LogP contribution in [-0.2, 0) is 38.4 Å². The van der Waals surface area contributed by atoms with Gasteiger partial charge in [-0.05, 0) is 0 Å². The van der Waals surface area contributed by atoms with Gasteiger partial charge in [0.1, 0.15) is 11.6 Å². The van der Waals surface area contributed by atoms with Crippen LogP contribution in [0, 0.1) is 23.7 Å². The normalized spacial score (nSPS) is 27.9. The van der Waals surface area contributed by atoms with E-state index in [0.717, 1.165) is 0 Å². The molecular formula is C24H36N4O8. The molecule has 1 aliphatic heterocycles. The molecule has 4 atom stereocenters. The van der Waals surface area contributed by atoms with E-state index in [1.807, 2.05) is 0 Å². The van der Waals surface area contributed by atoms with E-state index in [1.165, 1.54) is 20.8 Å². The lowest BCUT2D eigenvalue weighted by molar-refractivity contribution is -0.134. The van der Waals surface area contributed by atoms with E-state index in [2.05, 4.69) is 21.5 Å². The second-order valence-electron chi connectivity index (χ2n) is 9.46. The molecule has 36 heavy (non-hydrogen) atoms. The lowest BCUT2D eigenvalue weighted by Gasteiger charge is -2.16. The van der Waals surface area contributed by atoms with E-state index in [1.54, 1.807) is 6.92 Å². The first kappa shape index (κ1) is 30.6. The highest BCUT2D eigenvalue weighted by atomic mass is 16.2. The number of rotatable bonds is 0. The number of carbonyl (C=O) groups is 8. The van der Waals surface area contributed by atoms with E-state index in [4.69, 9.17) is 0 Å². The largest absolute Gasteiger partial charge is 0.349 e. The highest BCUT2D eigenvalue weighted by Gasteiger charge is 2.24. The number of hydrazine groups is 1. The summed E-state index contributed by atoms with van der Waals surface area (Å²) in [6.45, 7) is 5.41. The third-order valence-corrected chi connectivity index (χ3v) is 5.94. The van der Waals surface area contributed by atoms with Crippen LogP contribution in [0.4, 0.5) is 0 Å². The van der Waals surface area contributed by atoms with Gasteiger partial charge < -0.3 is 10.6 Å². The van der Waals surface area contributed by atoms with Crippen molar-refractivity contribution >= 4 is 46.8 Å². The summed E-state index contributed by atoms with van der Waals surface area (Å²) >= 11 is 0. The average molecular weight is 509 g/mol. The summed E-state index contributed by atoms with van der Waals surface area (Å²) < 4.78 is 0. The zero-order valence-corrected chi connectivity index (χ0v) is 21.2. The lowest BCUT2D eigenvalue weighted by Crippen LogP contribution is -2.45. The molecule has 0 saturated carbocycles. The molecule has 1 heterocycles. The Hall–Kier alpha value is -3.44. The molecule has 0 aromatic heterocycles. The van der Waals surface area contributed by atoms with Crippen molar-refractivity contribution in [2.45, 2.75) is 66.2 Å². The van der Waals surface area contributed by atoms with E-state index in [-0.39, 0.29) is 63.2 Å². The zero-order valence-electron chi connectivity index (χ0n) is 21.2. The third kappa shape index (κ3) is 11.3. The van der Waals surface area contributed by atoms with E-state index >= 15 is 0 Å². The molecule has 0 aromatic rings. The molecule has 4 amide bonds. The first-order valence-electron chi connectivity index (χ1n) is 12.0. The predicted molar refractivity (Wildman–Crippen MR) is 127 cm³/mol. The Bertz CT molecular complexity index is 757. The van der Waals surface area contributed by atoms with Crippen molar-refractivity contribution in [3.05, 3.63) is 0 Å². The Morgan fingerprint density at radius 3 is 1.72 bits per heavy atom. The molecule has 1 fully saturated rings. The lowest BCUT2D eigenvalue weighted by atomic mass is 9.95. The molecule has 1 saturated heterocycles. The standard InChI is InChI=1S/C24H36N4O8/c1-13-9-21(33)25-12-20(32)14(2)10-22(34)27-28-24(36)16(4)8-18(30)11-26-23(35)15(3)7-17(29)5-6-19(13)31/h13-16H,5-12H2,1-4H3,(H,25,33)(H,26,35)(H,27,34)(H,28,36). The van der Waals surface area contributed by atoms with Crippen molar-refractivity contribution in [2.24, 2.45) is 23.7 Å². The second kappa shape index (κ2) is 14.8. The smallest absolute Gasteiger partial charge is 0.241 e. The van der Waals surface area contributed by atoms with Crippen LogP contribution < -0.4 is 21.5 Å². The monoisotopic (exact) mass is 508 g/mol. The molecule has 12 heteroatoms. The van der Waals surface area contributed by atoms with Crippen LogP contribution in [0.5, 0.6) is 0 Å². The Labute approximate surface area is 210 Å². The first-order chi connectivity index (χ1) is 16.8. The molecule has 4 unspecified atom stereocenters. The summed E-state index contributed by atoms with van der Waals surface area (Å²) in [7, 11) is 0. The molecule has 0 aliphatic carbocycles. The van der Waals surface area contributed by atoms with Crippen LogP contribution in [0.1, 0.15) is 66.2 Å². The van der Waals surface area contributed by atoms with Gasteiger partial charge in [-0.25, -0.2) is 0 Å². The maximum atomic E-state index is 12.3. The van der Waals surface area contributed by atoms with Gasteiger partial charge in [-0.3, -0.25) is 49.2 Å². The maximum Gasteiger partial charge on any atom is 0.241 e. The van der Waals surface area contributed by atoms with Crippen LogP contribution in [0.2, 0.25) is 0 Å². The van der Waals surface area contributed by atoms with E-state index in [9.17, 15) is 38.4 Å². The first-order valence-corrected chi connectivity index (χ1v) is 12.0. The van der Waals surface area contributed by atoms with Gasteiger partial charge in [0.05, 0.1) is 13.1 Å². The maximum absolute atomic E-state index is 12.3. The van der Waals surface area contributed by atoms with Gasteiger partial charge in [0.15, 0.2) is 11.6 Å². The fourth-order valence-electron chi connectivity index (χ4n) is 3.43. The summed E-state index contributed by atoms with van der Waals surface area (Å²) in [6, 6.07) is 0. The molecule has 0 radical (unpaired) electrons. The summed E-state index contributed by atoms with van der Waals surface area (Å²) in [5, 5.41) is 4.87. The fraction of sp³-hybridized carbons (Fsp3) is 0.667. The highest BCUT2D eigenvalue weighted by molar-refractivity contribution is 5.95. The third-order valence-electron chi connectivity index (χ3n) is 5.94. The van der Waals surface area contributed by atoms with Crippen LogP contribution in [0.15, 0.2) is 0 Å². The molecule has 200 valence electrons. The number of hydrogen-bond acceptors (Lipinski definition) is 8. The van der Waals surface area contributed by atoms with Crippen LogP contribution in [0.25, 0.3) is 0 Å². The fourth-order valence-corrected chi connectivity index (χ4v) is 3.43. The van der Waals surface area contributed by atoms with Crippen LogP contribution >= 0.6 is 0 Å². The van der Waals surface area contributed by atoms with Crippen molar-refractivity contribution in [2.75, 3.05) is 13.1 Å². The summed E-state index contributed by atoms with van der Waals surface area (Å²) in [5.74, 6) is -6.59. The van der Waals surface area contributed by atoms with E-state index in [0.29, 0.717) is 0 Å². The molecule has 0 aromatic carbocycles.